The Bertz CT molecular complexity index is 835. The van der Waals surface area contributed by atoms with Gasteiger partial charge in [0.2, 0.25) is 0 Å². The predicted octanol–water partition coefficient (Wildman–Crippen LogP) is 4.57. The first-order valence-electron chi connectivity index (χ1n) is 7.58. The van der Waals surface area contributed by atoms with Crippen molar-refractivity contribution < 1.29 is 4.74 Å². The van der Waals surface area contributed by atoms with Crippen LogP contribution in [0.5, 0.6) is 5.75 Å². The standard InChI is InChI=1S/C21H16N2O/c1-24-19-9-7-16(8-10-19)20(15-22)21(17-5-3-2-4-6-17)18-11-13-23-14-12-18/h2-14H,1H3. The maximum absolute atomic E-state index is 9.84. The van der Waals surface area contributed by atoms with Crippen molar-refractivity contribution in [3.05, 3.63) is 95.8 Å². The van der Waals surface area contributed by atoms with E-state index in [-0.39, 0.29) is 0 Å². The van der Waals surface area contributed by atoms with Crippen molar-refractivity contribution in [3.8, 4) is 11.8 Å². The van der Waals surface area contributed by atoms with Gasteiger partial charge in [0.15, 0.2) is 0 Å². The quantitative estimate of drug-likeness (QED) is 0.523. The topological polar surface area (TPSA) is 45.9 Å². The first-order valence-corrected chi connectivity index (χ1v) is 7.58. The number of methoxy groups -OCH3 is 1. The van der Waals surface area contributed by atoms with Crippen molar-refractivity contribution in [2.75, 3.05) is 7.11 Å². The molecule has 3 aromatic rings. The molecule has 3 heteroatoms. The Morgan fingerprint density at radius 2 is 1.46 bits per heavy atom. The van der Waals surface area contributed by atoms with Crippen LogP contribution in [0.1, 0.15) is 16.7 Å². The fourth-order valence-corrected chi connectivity index (χ4v) is 2.60. The summed E-state index contributed by atoms with van der Waals surface area (Å²) >= 11 is 0. The van der Waals surface area contributed by atoms with E-state index < -0.39 is 0 Å². The summed E-state index contributed by atoms with van der Waals surface area (Å²) in [7, 11) is 1.63. The van der Waals surface area contributed by atoms with E-state index in [1.165, 1.54) is 0 Å². The molecule has 116 valence electrons. The molecule has 0 bridgehead atoms. The summed E-state index contributed by atoms with van der Waals surface area (Å²) in [6.07, 6.45) is 3.47. The van der Waals surface area contributed by atoms with Crippen LogP contribution in [-0.4, -0.2) is 12.1 Å². The lowest BCUT2D eigenvalue weighted by atomic mass is 9.90. The number of aromatic nitrogens is 1. The molecule has 0 aliphatic carbocycles. The maximum Gasteiger partial charge on any atom is 0.118 e. The zero-order chi connectivity index (χ0) is 16.8. The Labute approximate surface area is 141 Å². The molecule has 3 nitrogen and oxygen atoms in total. The summed E-state index contributed by atoms with van der Waals surface area (Å²) < 4.78 is 5.21. The van der Waals surface area contributed by atoms with E-state index in [1.807, 2.05) is 66.7 Å². The number of hydrogen-bond acceptors (Lipinski definition) is 3. The smallest absolute Gasteiger partial charge is 0.118 e. The van der Waals surface area contributed by atoms with Gasteiger partial charge in [0.25, 0.3) is 0 Å². The Morgan fingerprint density at radius 1 is 0.833 bits per heavy atom. The second-order valence-electron chi connectivity index (χ2n) is 5.19. The first kappa shape index (κ1) is 15.5. The molecule has 0 amide bonds. The third-order valence-corrected chi connectivity index (χ3v) is 3.77. The molecule has 0 aliphatic rings. The Morgan fingerprint density at radius 3 is 2.04 bits per heavy atom. The van der Waals surface area contributed by atoms with Gasteiger partial charge in [0.05, 0.1) is 12.7 Å². The number of benzene rings is 2. The molecular weight excluding hydrogens is 296 g/mol. The van der Waals surface area contributed by atoms with E-state index in [0.29, 0.717) is 5.57 Å². The molecule has 0 N–H and O–H groups in total. The van der Waals surface area contributed by atoms with Crippen molar-refractivity contribution in [3.63, 3.8) is 0 Å². The van der Waals surface area contributed by atoms with Gasteiger partial charge in [-0.15, -0.1) is 0 Å². The van der Waals surface area contributed by atoms with Crippen LogP contribution in [-0.2, 0) is 0 Å². The number of rotatable bonds is 4. The molecule has 0 saturated heterocycles. The third kappa shape index (κ3) is 3.18. The summed E-state index contributed by atoms with van der Waals surface area (Å²) in [5.74, 6) is 0.765. The van der Waals surface area contributed by atoms with Gasteiger partial charge >= 0.3 is 0 Å². The van der Waals surface area contributed by atoms with E-state index >= 15 is 0 Å². The average molecular weight is 312 g/mol. The largest absolute Gasteiger partial charge is 0.497 e. The Kier molecular flexibility index (Phi) is 4.69. The summed E-state index contributed by atoms with van der Waals surface area (Å²) in [6.45, 7) is 0. The van der Waals surface area contributed by atoms with Gasteiger partial charge in [0, 0.05) is 18.0 Å². The molecule has 0 saturated carbocycles. The molecule has 0 radical (unpaired) electrons. The van der Waals surface area contributed by atoms with Crippen molar-refractivity contribution >= 4 is 11.1 Å². The van der Waals surface area contributed by atoms with Gasteiger partial charge in [-0.2, -0.15) is 5.26 Å². The van der Waals surface area contributed by atoms with E-state index in [9.17, 15) is 5.26 Å². The molecule has 2 aromatic carbocycles. The van der Waals surface area contributed by atoms with E-state index in [1.54, 1.807) is 19.5 Å². The molecule has 3 rings (SSSR count). The second kappa shape index (κ2) is 7.26. The van der Waals surface area contributed by atoms with Gasteiger partial charge in [-0.05, 0) is 53.1 Å². The highest BCUT2D eigenvalue weighted by Gasteiger charge is 2.13. The SMILES string of the molecule is COc1ccc(C(C#N)=C(c2ccccc2)c2ccncc2)cc1. The van der Waals surface area contributed by atoms with Crippen molar-refractivity contribution in [1.29, 1.82) is 5.26 Å². The molecular formula is C21H16N2O. The van der Waals surface area contributed by atoms with Crippen molar-refractivity contribution in [1.82, 2.24) is 4.98 Å². The minimum Gasteiger partial charge on any atom is -0.497 e. The van der Waals surface area contributed by atoms with Crippen LogP contribution in [0.25, 0.3) is 11.1 Å². The van der Waals surface area contributed by atoms with Gasteiger partial charge in [-0.3, -0.25) is 4.98 Å². The maximum atomic E-state index is 9.84. The molecule has 24 heavy (non-hydrogen) atoms. The zero-order valence-electron chi connectivity index (χ0n) is 13.3. The van der Waals surface area contributed by atoms with Crippen LogP contribution in [0, 0.1) is 11.3 Å². The van der Waals surface area contributed by atoms with Crippen molar-refractivity contribution in [2.24, 2.45) is 0 Å². The van der Waals surface area contributed by atoms with Crippen LogP contribution < -0.4 is 4.74 Å². The van der Waals surface area contributed by atoms with Crippen LogP contribution in [0.4, 0.5) is 0 Å². The normalized spacial score (nSPS) is 11.3. The number of ether oxygens (including phenoxy) is 1. The summed E-state index contributed by atoms with van der Waals surface area (Å²) in [5, 5.41) is 9.84. The number of allylic oxidation sites excluding steroid dienone is 1. The Balaban J connectivity index is 2.24. The minimum atomic E-state index is 0.620. The average Bonchev–Trinajstić information content (AvgIpc) is 2.67. The lowest BCUT2D eigenvalue weighted by molar-refractivity contribution is 0.415. The number of hydrogen-bond donors (Lipinski definition) is 0. The minimum absolute atomic E-state index is 0.620. The Hall–Kier alpha value is -3.38. The summed E-state index contributed by atoms with van der Waals surface area (Å²) in [4.78, 5) is 4.08. The third-order valence-electron chi connectivity index (χ3n) is 3.77. The molecule has 0 fully saturated rings. The van der Waals surface area contributed by atoms with Crippen LogP contribution in [0.3, 0.4) is 0 Å². The van der Waals surface area contributed by atoms with Crippen LogP contribution >= 0.6 is 0 Å². The highest BCUT2D eigenvalue weighted by atomic mass is 16.5. The van der Waals surface area contributed by atoms with Crippen LogP contribution in [0.15, 0.2) is 79.1 Å². The highest BCUT2D eigenvalue weighted by Crippen LogP contribution is 2.32. The monoisotopic (exact) mass is 312 g/mol. The molecule has 0 aliphatic heterocycles. The van der Waals surface area contributed by atoms with E-state index in [2.05, 4.69) is 11.1 Å². The molecule has 1 heterocycles. The lowest BCUT2D eigenvalue weighted by Gasteiger charge is -2.12. The fourth-order valence-electron chi connectivity index (χ4n) is 2.60. The zero-order valence-corrected chi connectivity index (χ0v) is 13.3. The van der Waals surface area contributed by atoms with Crippen molar-refractivity contribution in [2.45, 2.75) is 0 Å². The second-order valence-corrected chi connectivity index (χ2v) is 5.19. The number of nitriles is 1. The van der Waals surface area contributed by atoms with Crippen LogP contribution in [0.2, 0.25) is 0 Å². The first-order chi connectivity index (χ1) is 11.8. The highest BCUT2D eigenvalue weighted by molar-refractivity contribution is 6.03. The lowest BCUT2D eigenvalue weighted by Crippen LogP contribution is -1.94. The van der Waals surface area contributed by atoms with E-state index in [4.69, 9.17) is 4.74 Å². The van der Waals surface area contributed by atoms with Gasteiger partial charge < -0.3 is 4.74 Å². The van der Waals surface area contributed by atoms with Gasteiger partial charge in [-0.25, -0.2) is 0 Å². The molecule has 0 spiro atoms. The molecule has 1 aromatic heterocycles. The number of pyridine rings is 1. The van der Waals surface area contributed by atoms with E-state index in [0.717, 1.165) is 28.0 Å². The van der Waals surface area contributed by atoms with Gasteiger partial charge in [-0.1, -0.05) is 30.3 Å². The predicted molar refractivity (Wildman–Crippen MR) is 95.2 cm³/mol. The summed E-state index contributed by atoms with van der Waals surface area (Å²) in [6, 6.07) is 23.7. The fraction of sp³-hybridized carbons (Fsp3) is 0.0476. The molecule has 0 unspecified atom stereocenters. The molecule has 0 atom stereocenters. The van der Waals surface area contributed by atoms with Gasteiger partial charge in [0.1, 0.15) is 11.8 Å². The number of nitrogens with zero attached hydrogens (tertiary/aromatic N) is 2. The summed E-state index contributed by atoms with van der Waals surface area (Å²) in [5.41, 5.74) is 4.33.